The van der Waals surface area contributed by atoms with Crippen molar-refractivity contribution in [3.05, 3.63) is 12.2 Å². The van der Waals surface area contributed by atoms with Gasteiger partial charge in [0.05, 0.1) is 6.04 Å². The molecule has 0 aromatic rings. The molecule has 1 fully saturated rings. The second kappa shape index (κ2) is 8.36. The van der Waals surface area contributed by atoms with Gasteiger partial charge in [0.2, 0.25) is 5.91 Å². The van der Waals surface area contributed by atoms with E-state index in [1.165, 1.54) is 0 Å². The maximum Gasteiger partial charge on any atom is 0.408 e. The van der Waals surface area contributed by atoms with Gasteiger partial charge in [0.25, 0.3) is 0 Å². The molecule has 2 aliphatic rings. The van der Waals surface area contributed by atoms with Gasteiger partial charge in [0.1, 0.15) is 18.2 Å². The average Bonchev–Trinajstić information content (AvgIpc) is 2.96. The van der Waals surface area contributed by atoms with Crippen LogP contribution in [0.5, 0.6) is 0 Å². The first-order valence-electron chi connectivity index (χ1n) is 8.87. The number of ether oxygens (including phenoxy) is 2. The lowest BCUT2D eigenvalue weighted by atomic mass is 10.1. The molecule has 25 heavy (non-hydrogen) atoms. The number of carbonyl (C=O) groups excluding carboxylic acids is 3. The fourth-order valence-corrected chi connectivity index (χ4v) is 2.98. The van der Waals surface area contributed by atoms with Gasteiger partial charge in [-0.05, 0) is 46.5 Å². The minimum Gasteiger partial charge on any atom is -0.463 e. The van der Waals surface area contributed by atoms with E-state index < -0.39 is 17.7 Å². The summed E-state index contributed by atoms with van der Waals surface area (Å²) in [6.45, 7) is 6.16. The molecular formula is C18H28N2O5. The zero-order valence-corrected chi connectivity index (χ0v) is 15.2. The Morgan fingerprint density at radius 2 is 2.08 bits per heavy atom. The molecule has 7 nitrogen and oxygen atoms in total. The molecule has 0 aromatic carbocycles. The molecule has 0 aliphatic carbocycles. The number of esters is 1. The molecule has 0 spiro atoms. The quantitative estimate of drug-likeness (QED) is 0.577. The van der Waals surface area contributed by atoms with Crippen LogP contribution in [0.1, 0.15) is 52.9 Å². The predicted octanol–water partition coefficient (Wildman–Crippen LogP) is 2.15. The first kappa shape index (κ1) is 19.3. The zero-order valence-electron chi connectivity index (χ0n) is 15.2. The molecule has 2 rings (SSSR count). The molecule has 1 saturated heterocycles. The van der Waals surface area contributed by atoms with Gasteiger partial charge in [-0.1, -0.05) is 12.2 Å². The standard InChI is InChI=1S/C18H28N2O5/c1-18(2,3)25-17(23)19-14-9-5-4-6-10-15(21)24-12-13-8-7-11-20(13)16(14)22/h4-5,13-14H,6-12H2,1-3H3,(H,19,23)/b5-4+/t13-,14+/m0/s1. The van der Waals surface area contributed by atoms with E-state index in [0.717, 1.165) is 12.8 Å². The van der Waals surface area contributed by atoms with Crippen LogP contribution in [0.2, 0.25) is 0 Å². The summed E-state index contributed by atoms with van der Waals surface area (Å²) >= 11 is 0. The van der Waals surface area contributed by atoms with E-state index in [0.29, 0.717) is 25.8 Å². The van der Waals surface area contributed by atoms with Crippen molar-refractivity contribution in [2.45, 2.75) is 70.6 Å². The minimum atomic E-state index is -0.679. The van der Waals surface area contributed by atoms with Gasteiger partial charge in [-0.3, -0.25) is 9.59 Å². The molecule has 7 heteroatoms. The van der Waals surface area contributed by atoms with Crippen molar-refractivity contribution in [2.75, 3.05) is 13.2 Å². The van der Waals surface area contributed by atoms with Crippen molar-refractivity contribution in [1.29, 1.82) is 0 Å². The summed E-state index contributed by atoms with van der Waals surface area (Å²) < 4.78 is 10.6. The van der Waals surface area contributed by atoms with Crippen molar-refractivity contribution < 1.29 is 23.9 Å². The van der Waals surface area contributed by atoms with Crippen molar-refractivity contribution >= 4 is 18.0 Å². The molecule has 1 N–H and O–H groups in total. The highest BCUT2D eigenvalue weighted by Gasteiger charge is 2.35. The number of fused-ring (bicyclic) bond motifs is 1. The van der Waals surface area contributed by atoms with Gasteiger partial charge in [0, 0.05) is 13.0 Å². The van der Waals surface area contributed by atoms with Crippen LogP contribution in [0.4, 0.5) is 4.79 Å². The Labute approximate surface area is 148 Å². The molecule has 2 atom stereocenters. The Kier molecular flexibility index (Phi) is 6.45. The second-order valence-corrected chi connectivity index (χ2v) is 7.46. The van der Waals surface area contributed by atoms with E-state index >= 15 is 0 Å². The van der Waals surface area contributed by atoms with Crippen LogP contribution in [0.15, 0.2) is 12.2 Å². The van der Waals surface area contributed by atoms with Gasteiger partial charge in [-0.15, -0.1) is 0 Å². The molecule has 0 radical (unpaired) electrons. The number of hydrogen-bond acceptors (Lipinski definition) is 5. The maximum absolute atomic E-state index is 12.9. The number of rotatable bonds is 1. The fourth-order valence-electron chi connectivity index (χ4n) is 2.98. The van der Waals surface area contributed by atoms with Crippen LogP contribution in [0.3, 0.4) is 0 Å². The number of alkyl carbamates (subject to hydrolysis) is 1. The number of allylic oxidation sites excluding steroid dienone is 1. The van der Waals surface area contributed by atoms with Crippen LogP contribution >= 0.6 is 0 Å². The number of nitrogens with zero attached hydrogens (tertiary/aromatic N) is 1. The zero-order chi connectivity index (χ0) is 18.4. The van der Waals surface area contributed by atoms with Crippen molar-refractivity contribution in [3.8, 4) is 0 Å². The van der Waals surface area contributed by atoms with Crippen LogP contribution in [-0.2, 0) is 19.1 Å². The van der Waals surface area contributed by atoms with E-state index in [9.17, 15) is 14.4 Å². The summed E-state index contributed by atoms with van der Waals surface area (Å²) in [5, 5.41) is 2.69. The van der Waals surface area contributed by atoms with Gasteiger partial charge in [-0.2, -0.15) is 0 Å². The first-order valence-corrected chi connectivity index (χ1v) is 8.87. The van der Waals surface area contributed by atoms with E-state index in [1.54, 1.807) is 25.7 Å². The Balaban J connectivity index is 2.11. The predicted molar refractivity (Wildman–Crippen MR) is 91.8 cm³/mol. The highest BCUT2D eigenvalue weighted by molar-refractivity contribution is 5.86. The Morgan fingerprint density at radius 1 is 1.32 bits per heavy atom. The molecule has 0 aromatic heterocycles. The molecule has 2 amide bonds. The highest BCUT2D eigenvalue weighted by Crippen LogP contribution is 2.20. The van der Waals surface area contributed by atoms with Gasteiger partial charge in [-0.25, -0.2) is 4.79 Å². The molecule has 140 valence electrons. The van der Waals surface area contributed by atoms with Crippen LogP contribution < -0.4 is 5.32 Å². The summed E-state index contributed by atoms with van der Waals surface area (Å²) in [7, 11) is 0. The highest BCUT2D eigenvalue weighted by atomic mass is 16.6. The Hall–Kier alpha value is -2.05. The molecule has 0 bridgehead atoms. The van der Waals surface area contributed by atoms with Crippen molar-refractivity contribution in [1.82, 2.24) is 10.2 Å². The third kappa shape index (κ3) is 6.07. The number of amides is 2. The molecule has 2 aliphatic heterocycles. The van der Waals surface area contributed by atoms with E-state index in [4.69, 9.17) is 9.47 Å². The maximum atomic E-state index is 12.9. The summed E-state index contributed by atoms with van der Waals surface area (Å²) in [5.41, 5.74) is -0.626. The topological polar surface area (TPSA) is 84.9 Å². The van der Waals surface area contributed by atoms with E-state index in [1.807, 2.05) is 12.2 Å². The third-order valence-electron chi connectivity index (χ3n) is 4.14. The second-order valence-electron chi connectivity index (χ2n) is 7.46. The van der Waals surface area contributed by atoms with Gasteiger partial charge < -0.3 is 19.7 Å². The number of hydrogen-bond donors (Lipinski definition) is 1. The summed E-state index contributed by atoms with van der Waals surface area (Å²) in [6.07, 6.45) is 5.96. The minimum absolute atomic E-state index is 0.122. The third-order valence-corrected chi connectivity index (χ3v) is 4.14. The van der Waals surface area contributed by atoms with E-state index in [-0.39, 0.29) is 24.5 Å². The lowest BCUT2D eigenvalue weighted by Crippen LogP contribution is -2.51. The summed E-state index contributed by atoms with van der Waals surface area (Å²) in [6, 6.07) is -0.801. The van der Waals surface area contributed by atoms with Gasteiger partial charge >= 0.3 is 12.1 Å². The molecule has 0 unspecified atom stereocenters. The molecule has 2 heterocycles. The smallest absolute Gasteiger partial charge is 0.408 e. The SMILES string of the molecule is CC(C)(C)OC(=O)N[C@@H]1C/C=C/CCC(=O)OC[C@@H]2CCCN2C1=O. The number of cyclic esters (lactones) is 1. The van der Waals surface area contributed by atoms with Crippen molar-refractivity contribution in [3.63, 3.8) is 0 Å². The van der Waals surface area contributed by atoms with Crippen LogP contribution in [0, 0.1) is 0 Å². The van der Waals surface area contributed by atoms with E-state index in [2.05, 4.69) is 5.32 Å². The lowest BCUT2D eigenvalue weighted by Gasteiger charge is -2.29. The number of carbonyl (C=O) groups is 3. The number of nitrogens with one attached hydrogen (secondary N) is 1. The average molecular weight is 352 g/mol. The Bertz CT molecular complexity index is 538. The van der Waals surface area contributed by atoms with Crippen molar-refractivity contribution in [2.24, 2.45) is 0 Å². The monoisotopic (exact) mass is 352 g/mol. The fraction of sp³-hybridized carbons (Fsp3) is 0.722. The molecule has 0 saturated carbocycles. The lowest BCUT2D eigenvalue weighted by molar-refractivity contribution is -0.147. The van der Waals surface area contributed by atoms with Crippen LogP contribution in [0.25, 0.3) is 0 Å². The van der Waals surface area contributed by atoms with Crippen LogP contribution in [-0.4, -0.2) is 53.7 Å². The molecular weight excluding hydrogens is 324 g/mol. The first-order chi connectivity index (χ1) is 11.8. The largest absolute Gasteiger partial charge is 0.463 e. The normalized spacial score (nSPS) is 26.8. The van der Waals surface area contributed by atoms with Gasteiger partial charge in [0.15, 0.2) is 0 Å². The summed E-state index contributed by atoms with van der Waals surface area (Å²) in [4.78, 5) is 38.4. The summed E-state index contributed by atoms with van der Waals surface area (Å²) in [5.74, 6) is -0.400. The Morgan fingerprint density at radius 3 is 2.80 bits per heavy atom.